The first-order valence-corrected chi connectivity index (χ1v) is 7.55. The van der Waals surface area contributed by atoms with Crippen molar-refractivity contribution in [3.05, 3.63) is 0 Å². The summed E-state index contributed by atoms with van der Waals surface area (Å²) in [6.45, 7) is 4.39. The van der Waals surface area contributed by atoms with Crippen LogP contribution in [0.25, 0.3) is 0 Å². The third-order valence-corrected chi connectivity index (χ3v) is 4.57. The first-order chi connectivity index (χ1) is 9.00. The molecule has 4 nitrogen and oxygen atoms in total. The van der Waals surface area contributed by atoms with Gasteiger partial charge in [0.25, 0.3) is 0 Å². The number of carboxylic acids is 1. The number of amides is 1. The van der Waals surface area contributed by atoms with Crippen molar-refractivity contribution in [2.45, 2.75) is 70.9 Å². The molecule has 2 fully saturated rings. The summed E-state index contributed by atoms with van der Waals surface area (Å²) >= 11 is 0. The Kier molecular flexibility index (Phi) is 4.48. The van der Waals surface area contributed by atoms with E-state index in [1.807, 2.05) is 0 Å². The van der Waals surface area contributed by atoms with Crippen molar-refractivity contribution in [3.8, 4) is 0 Å². The van der Waals surface area contributed by atoms with E-state index in [9.17, 15) is 14.7 Å². The maximum Gasteiger partial charge on any atom is 0.326 e. The molecule has 19 heavy (non-hydrogen) atoms. The quantitative estimate of drug-likeness (QED) is 0.833. The standard InChI is InChI=1S/C15H25NO3/c1-10(2)4-3-5-11-6-7-12-8-9-13(15(18)19)16(12)14(11)17/h10-13H,3-9H2,1-2H3,(H,18,19). The van der Waals surface area contributed by atoms with Crippen LogP contribution in [-0.2, 0) is 9.59 Å². The smallest absolute Gasteiger partial charge is 0.326 e. The predicted octanol–water partition coefficient (Wildman–Crippen LogP) is 2.67. The fourth-order valence-corrected chi connectivity index (χ4v) is 3.51. The van der Waals surface area contributed by atoms with E-state index in [2.05, 4.69) is 13.8 Å². The second kappa shape index (κ2) is 5.93. The number of nitrogens with zero attached hydrogens (tertiary/aromatic N) is 1. The van der Waals surface area contributed by atoms with Crippen LogP contribution in [0.15, 0.2) is 0 Å². The summed E-state index contributed by atoms with van der Waals surface area (Å²) in [5.41, 5.74) is 0. The van der Waals surface area contributed by atoms with Gasteiger partial charge in [-0.25, -0.2) is 4.79 Å². The van der Waals surface area contributed by atoms with Crippen LogP contribution in [0, 0.1) is 11.8 Å². The molecule has 0 aromatic carbocycles. The summed E-state index contributed by atoms with van der Waals surface area (Å²) in [4.78, 5) is 25.4. The van der Waals surface area contributed by atoms with Crippen molar-refractivity contribution < 1.29 is 14.7 Å². The van der Waals surface area contributed by atoms with Crippen molar-refractivity contribution in [3.63, 3.8) is 0 Å². The van der Waals surface area contributed by atoms with Crippen LogP contribution in [0.1, 0.15) is 58.8 Å². The van der Waals surface area contributed by atoms with Gasteiger partial charge < -0.3 is 10.0 Å². The average molecular weight is 267 g/mol. The van der Waals surface area contributed by atoms with E-state index < -0.39 is 12.0 Å². The molecule has 4 heteroatoms. The minimum absolute atomic E-state index is 0.0648. The van der Waals surface area contributed by atoms with E-state index in [0.717, 1.165) is 38.5 Å². The van der Waals surface area contributed by atoms with Gasteiger partial charge in [-0.15, -0.1) is 0 Å². The number of piperidine rings is 1. The van der Waals surface area contributed by atoms with Gasteiger partial charge in [0, 0.05) is 12.0 Å². The van der Waals surface area contributed by atoms with Gasteiger partial charge in [-0.2, -0.15) is 0 Å². The molecule has 0 radical (unpaired) electrons. The molecule has 3 atom stereocenters. The Bertz CT molecular complexity index is 353. The van der Waals surface area contributed by atoms with Crippen LogP contribution in [0.3, 0.4) is 0 Å². The number of aliphatic carboxylic acids is 1. The first-order valence-electron chi connectivity index (χ1n) is 7.55. The minimum atomic E-state index is -0.835. The SMILES string of the molecule is CC(C)CCCC1CCC2CCC(C(=O)O)N2C1=O. The summed E-state index contributed by atoms with van der Waals surface area (Å²) in [7, 11) is 0. The molecule has 0 aromatic rings. The molecule has 2 rings (SSSR count). The van der Waals surface area contributed by atoms with Gasteiger partial charge in [0.15, 0.2) is 0 Å². The van der Waals surface area contributed by atoms with E-state index >= 15 is 0 Å². The number of hydrogen-bond donors (Lipinski definition) is 1. The Hall–Kier alpha value is -1.06. The summed E-state index contributed by atoms with van der Waals surface area (Å²) in [6, 6.07) is -0.375. The molecule has 108 valence electrons. The molecule has 0 saturated carbocycles. The number of rotatable bonds is 5. The Labute approximate surface area is 115 Å². The summed E-state index contributed by atoms with van der Waals surface area (Å²) < 4.78 is 0. The third kappa shape index (κ3) is 3.10. The highest BCUT2D eigenvalue weighted by Crippen LogP contribution is 2.36. The highest BCUT2D eigenvalue weighted by molar-refractivity contribution is 5.86. The van der Waals surface area contributed by atoms with Gasteiger partial charge in [-0.05, 0) is 38.0 Å². The van der Waals surface area contributed by atoms with Crippen LogP contribution in [0.4, 0.5) is 0 Å². The molecule has 2 saturated heterocycles. The zero-order chi connectivity index (χ0) is 14.0. The zero-order valence-corrected chi connectivity index (χ0v) is 12.0. The Morgan fingerprint density at radius 1 is 1.32 bits per heavy atom. The lowest BCUT2D eigenvalue weighted by molar-refractivity contribution is -0.154. The van der Waals surface area contributed by atoms with Gasteiger partial charge in [-0.3, -0.25) is 4.79 Å². The number of carbonyl (C=O) groups excluding carboxylic acids is 1. The molecular formula is C15H25NO3. The van der Waals surface area contributed by atoms with Crippen molar-refractivity contribution in [1.29, 1.82) is 0 Å². The number of hydrogen-bond acceptors (Lipinski definition) is 2. The normalized spacial score (nSPS) is 30.8. The van der Waals surface area contributed by atoms with Crippen molar-refractivity contribution in [1.82, 2.24) is 4.90 Å². The van der Waals surface area contributed by atoms with Gasteiger partial charge in [-0.1, -0.05) is 26.7 Å². The second-order valence-electron chi connectivity index (χ2n) is 6.43. The lowest BCUT2D eigenvalue weighted by Crippen LogP contribution is -2.50. The Balaban J connectivity index is 1.95. The number of carbonyl (C=O) groups is 2. The monoisotopic (exact) mass is 267 g/mol. The molecular weight excluding hydrogens is 242 g/mol. The zero-order valence-electron chi connectivity index (χ0n) is 12.0. The van der Waals surface area contributed by atoms with Gasteiger partial charge in [0.2, 0.25) is 5.91 Å². The second-order valence-corrected chi connectivity index (χ2v) is 6.43. The van der Waals surface area contributed by atoms with Gasteiger partial charge >= 0.3 is 5.97 Å². The average Bonchev–Trinajstić information content (AvgIpc) is 2.76. The van der Waals surface area contributed by atoms with Gasteiger partial charge in [0.05, 0.1) is 0 Å². The fourth-order valence-electron chi connectivity index (χ4n) is 3.51. The molecule has 2 heterocycles. The van der Waals surface area contributed by atoms with E-state index in [0.29, 0.717) is 12.3 Å². The molecule has 1 amide bonds. The summed E-state index contributed by atoms with van der Waals surface area (Å²) in [6.07, 6.45) is 6.57. The highest BCUT2D eigenvalue weighted by atomic mass is 16.4. The summed E-state index contributed by atoms with van der Waals surface area (Å²) in [5.74, 6) is 0.00327. The highest BCUT2D eigenvalue weighted by Gasteiger charge is 2.45. The molecule has 0 bridgehead atoms. The molecule has 3 unspecified atom stereocenters. The molecule has 2 aliphatic rings. The van der Waals surface area contributed by atoms with E-state index in [4.69, 9.17) is 0 Å². The van der Waals surface area contributed by atoms with E-state index in [1.165, 1.54) is 0 Å². The first kappa shape index (κ1) is 14.4. The topological polar surface area (TPSA) is 57.6 Å². The van der Waals surface area contributed by atoms with Crippen LogP contribution in [-0.4, -0.2) is 34.0 Å². The van der Waals surface area contributed by atoms with Crippen LogP contribution in [0.5, 0.6) is 0 Å². The minimum Gasteiger partial charge on any atom is -0.480 e. The number of fused-ring (bicyclic) bond motifs is 1. The Morgan fingerprint density at radius 2 is 2.00 bits per heavy atom. The van der Waals surface area contributed by atoms with Crippen LogP contribution < -0.4 is 0 Å². The third-order valence-electron chi connectivity index (χ3n) is 4.57. The maximum atomic E-state index is 12.5. The molecule has 0 spiro atoms. The largest absolute Gasteiger partial charge is 0.480 e. The van der Waals surface area contributed by atoms with Crippen LogP contribution in [0.2, 0.25) is 0 Å². The van der Waals surface area contributed by atoms with E-state index in [-0.39, 0.29) is 17.9 Å². The van der Waals surface area contributed by atoms with Gasteiger partial charge in [0.1, 0.15) is 6.04 Å². The molecule has 1 N–H and O–H groups in total. The molecule has 0 aromatic heterocycles. The maximum absolute atomic E-state index is 12.5. The Morgan fingerprint density at radius 3 is 2.63 bits per heavy atom. The summed E-state index contributed by atoms with van der Waals surface area (Å²) in [5, 5.41) is 9.21. The van der Waals surface area contributed by atoms with Crippen LogP contribution >= 0.6 is 0 Å². The van der Waals surface area contributed by atoms with E-state index in [1.54, 1.807) is 4.90 Å². The molecule has 0 aliphatic carbocycles. The lowest BCUT2D eigenvalue weighted by Gasteiger charge is -2.37. The predicted molar refractivity (Wildman–Crippen MR) is 72.7 cm³/mol. The van der Waals surface area contributed by atoms with Crippen molar-refractivity contribution >= 4 is 11.9 Å². The number of carboxylic acid groups (broad SMARTS) is 1. The lowest BCUT2D eigenvalue weighted by atomic mass is 9.87. The molecule has 2 aliphatic heterocycles. The fraction of sp³-hybridized carbons (Fsp3) is 0.867. The van der Waals surface area contributed by atoms with Crippen molar-refractivity contribution in [2.24, 2.45) is 11.8 Å². The van der Waals surface area contributed by atoms with Crippen molar-refractivity contribution in [2.75, 3.05) is 0 Å².